The van der Waals surface area contributed by atoms with Crippen molar-refractivity contribution in [2.45, 2.75) is 58.8 Å². The van der Waals surface area contributed by atoms with E-state index in [0.29, 0.717) is 11.8 Å². The number of benzene rings is 1. The SMILES string of the molecule is CN(c1ccccc1)c1nc2c(s1)C1=CC[C@@H]3[C@H](CC[C@]4(C)/C(=N/O)CC[C@@H]34)[C@@]1(C)CC2. The summed E-state index contributed by atoms with van der Waals surface area (Å²) in [7, 11) is 2.13. The fourth-order valence-corrected chi connectivity index (χ4v) is 8.99. The van der Waals surface area contributed by atoms with Crippen molar-refractivity contribution in [3.8, 4) is 0 Å². The average molecular weight is 448 g/mol. The fraction of sp³-hybridized carbons (Fsp3) is 0.556. The van der Waals surface area contributed by atoms with E-state index in [-0.39, 0.29) is 10.8 Å². The molecule has 2 saturated carbocycles. The van der Waals surface area contributed by atoms with Gasteiger partial charge in [0.15, 0.2) is 5.13 Å². The standard InChI is InChI=1S/C27H33N3OS/c1-26-16-14-22-24(32-25(28-22)30(3)17-7-5-4-6-8-17)21(26)10-9-18-19-11-12-23(29-31)27(19,2)15-13-20(18)26/h4-8,10,18-20,31H,9,11-16H2,1-3H3/b29-23+/t18-,19-,20-,26+,27-/m0/s1. The van der Waals surface area contributed by atoms with Gasteiger partial charge in [-0.15, -0.1) is 0 Å². The number of allylic oxidation sites excluding steroid dienone is 2. The lowest BCUT2D eigenvalue weighted by Gasteiger charge is -2.56. The van der Waals surface area contributed by atoms with Crippen molar-refractivity contribution in [1.82, 2.24) is 4.98 Å². The third kappa shape index (κ3) is 2.73. The molecule has 0 bridgehead atoms. The molecule has 0 spiro atoms. The summed E-state index contributed by atoms with van der Waals surface area (Å²) in [6, 6.07) is 10.5. The van der Waals surface area contributed by atoms with Crippen LogP contribution in [0.15, 0.2) is 41.6 Å². The number of aryl methyl sites for hydroxylation is 1. The third-order valence-corrected chi connectivity index (χ3v) is 10.8. The molecule has 32 heavy (non-hydrogen) atoms. The van der Waals surface area contributed by atoms with Gasteiger partial charge in [0.1, 0.15) is 0 Å². The van der Waals surface area contributed by atoms with Gasteiger partial charge in [0.2, 0.25) is 0 Å². The Hall–Kier alpha value is -2.14. The molecule has 5 atom stereocenters. The minimum absolute atomic E-state index is 0.105. The zero-order valence-electron chi connectivity index (χ0n) is 19.3. The Bertz CT molecular complexity index is 1110. The molecule has 4 aliphatic rings. The Morgan fingerprint density at radius 3 is 2.62 bits per heavy atom. The maximum atomic E-state index is 9.61. The van der Waals surface area contributed by atoms with Crippen LogP contribution < -0.4 is 4.90 Å². The summed E-state index contributed by atoms with van der Waals surface area (Å²) < 4.78 is 0. The van der Waals surface area contributed by atoms with Crippen LogP contribution in [0.3, 0.4) is 0 Å². The fourth-order valence-electron chi connectivity index (χ4n) is 7.72. The van der Waals surface area contributed by atoms with Crippen LogP contribution in [-0.4, -0.2) is 23.0 Å². The van der Waals surface area contributed by atoms with Gasteiger partial charge in [-0.25, -0.2) is 4.98 Å². The van der Waals surface area contributed by atoms with Crippen LogP contribution in [0.2, 0.25) is 0 Å². The third-order valence-electron chi connectivity index (χ3n) is 9.57. The quantitative estimate of drug-likeness (QED) is 0.401. The lowest BCUT2D eigenvalue weighted by Crippen LogP contribution is -2.49. The Balaban J connectivity index is 1.35. The molecule has 168 valence electrons. The summed E-state index contributed by atoms with van der Waals surface area (Å²) in [4.78, 5) is 8.76. The maximum absolute atomic E-state index is 9.61. The average Bonchev–Trinajstić information content (AvgIpc) is 3.39. The highest BCUT2D eigenvalue weighted by Crippen LogP contribution is 2.65. The van der Waals surface area contributed by atoms with Crippen molar-refractivity contribution in [1.29, 1.82) is 0 Å². The second kappa shape index (κ2) is 7.18. The highest BCUT2D eigenvalue weighted by Gasteiger charge is 2.58. The van der Waals surface area contributed by atoms with Crippen molar-refractivity contribution < 1.29 is 5.21 Å². The van der Waals surface area contributed by atoms with E-state index < -0.39 is 0 Å². The topological polar surface area (TPSA) is 48.7 Å². The first-order chi connectivity index (χ1) is 15.5. The lowest BCUT2D eigenvalue weighted by molar-refractivity contribution is 0.0110. The van der Waals surface area contributed by atoms with Gasteiger partial charge in [0, 0.05) is 18.2 Å². The Kier molecular flexibility index (Phi) is 4.59. The van der Waals surface area contributed by atoms with E-state index in [0.717, 1.165) is 36.0 Å². The predicted octanol–water partition coefficient (Wildman–Crippen LogP) is 6.92. The second-order valence-corrected chi connectivity index (χ2v) is 11.8. The first-order valence-corrected chi connectivity index (χ1v) is 13.0. The number of oxime groups is 1. The smallest absolute Gasteiger partial charge is 0.190 e. The molecule has 0 aliphatic heterocycles. The van der Waals surface area contributed by atoms with Crippen LogP contribution in [0.5, 0.6) is 0 Å². The van der Waals surface area contributed by atoms with E-state index >= 15 is 0 Å². The van der Waals surface area contributed by atoms with Crippen molar-refractivity contribution in [2.24, 2.45) is 33.7 Å². The number of thiazole rings is 1. The molecular weight excluding hydrogens is 414 g/mol. The summed E-state index contributed by atoms with van der Waals surface area (Å²) >= 11 is 1.88. The van der Waals surface area contributed by atoms with Crippen molar-refractivity contribution in [3.63, 3.8) is 0 Å². The van der Waals surface area contributed by atoms with Crippen LogP contribution in [0.1, 0.15) is 62.9 Å². The monoisotopic (exact) mass is 447 g/mol. The summed E-state index contributed by atoms with van der Waals surface area (Å²) in [6.45, 7) is 4.91. The highest BCUT2D eigenvalue weighted by molar-refractivity contribution is 7.16. The molecule has 6 rings (SSSR count). The molecule has 0 unspecified atom stereocenters. The molecule has 1 aromatic heterocycles. The van der Waals surface area contributed by atoms with Crippen LogP contribution in [-0.2, 0) is 6.42 Å². The van der Waals surface area contributed by atoms with Gasteiger partial charge in [-0.2, -0.15) is 0 Å². The van der Waals surface area contributed by atoms with Crippen molar-refractivity contribution in [3.05, 3.63) is 47.0 Å². The van der Waals surface area contributed by atoms with E-state index in [1.165, 1.54) is 41.9 Å². The van der Waals surface area contributed by atoms with E-state index in [2.05, 4.69) is 67.4 Å². The van der Waals surface area contributed by atoms with Crippen LogP contribution in [0.25, 0.3) is 5.57 Å². The van der Waals surface area contributed by atoms with Gasteiger partial charge in [0.05, 0.1) is 16.3 Å². The largest absolute Gasteiger partial charge is 0.411 e. The molecule has 2 fully saturated rings. The Morgan fingerprint density at radius 2 is 1.84 bits per heavy atom. The van der Waals surface area contributed by atoms with E-state index in [4.69, 9.17) is 4.98 Å². The number of fused-ring (bicyclic) bond motifs is 7. The highest BCUT2D eigenvalue weighted by atomic mass is 32.1. The van der Waals surface area contributed by atoms with Gasteiger partial charge < -0.3 is 10.1 Å². The molecular formula is C27H33N3OS. The van der Waals surface area contributed by atoms with Gasteiger partial charge in [-0.1, -0.05) is 54.6 Å². The van der Waals surface area contributed by atoms with Crippen molar-refractivity contribution >= 4 is 33.4 Å². The van der Waals surface area contributed by atoms with Crippen LogP contribution in [0, 0.1) is 28.6 Å². The number of anilines is 2. The molecule has 1 heterocycles. The van der Waals surface area contributed by atoms with Gasteiger partial charge in [-0.3, -0.25) is 0 Å². The molecule has 0 amide bonds. The summed E-state index contributed by atoms with van der Waals surface area (Å²) in [6.07, 6.45) is 10.6. The van der Waals surface area contributed by atoms with Crippen molar-refractivity contribution in [2.75, 3.05) is 11.9 Å². The minimum atomic E-state index is 0.105. The zero-order chi connectivity index (χ0) is 22.1. The number of rotatable bonds is 2. The number of aromatic nitrogens is 1. The number of nitrogens with zero attached hydrogens (tertiary/aromatic N) is 3. The van der Waals surface area contributed by atoms with Crippen LogP contribution >= 0.6 is 11.3 Å². The molecule has 0 radical (unpaired) electrons. The molecule has 1 N–H and O–H groups in total. The summed E-state index contributed by atoms with van der Waals surface area (Å²) in [5.41, 5.74) is 5.46. The first-order valence-electron chi connectivity index (χ1n) is 12.2. The normalized spacial score (nSPS) is 36.7. The van der Waals surface area contributed by atoms with Gasteiger partial charge in [0.25, 0.3) is 0 Å². The molecule has 4 nitrogen and oxygen atoms in total. The predicted molar refractivity (Wildman–Crippen MR) is 132 cm³/mol. The second-order valence-electron chi connectivity index (χ2n) is 10.9. The Labute approximate surface area is 195 Å². The molecule has 5 heteroatoms. The summed E-state index contributed by atoms with van der Waals surface area (Å²) in [5, 5.41) is 14.5. The molecule has 0 saturated heterocycles. The zero-order valence-corrected chi connectivity index (χ0v) is 20.2. The van der Waals surface area contributed by atoms with Crippen LogP contribution in [0.4, 0.5) is 10.8 Å². The summed E-state index contributed by atoms with van der Waals surface area (Å²) in [5.74, 6) is 2.09. The molecule has 4 aliphatic carbocycles. The van der Waals surface area contributed by atoms with Gasteiger partial charge in [-0.05, 0) is 85.8 Å². The lowest BCUT2D eigenvalue weighted by atomic mass is 9.48. The Morgan fingerprint density at radius 1 is 1.06 bits per heavy atom. The van der Waals surface area contributed by atoms with E-state index in [9.17, 15) is 5.21 Å². The number of hydrogen-bond donors (Lipinski definition) is 1. The molecule has 2 aromatic rings. The first kappa shape index (κ1) is 20.5. The number of hydrogen-bond acceptors (Lipinski definition) is 5. The maximum Gasteiger partial charge on any atom is 0.190 e. The molecule has 1 aromatic carbocycles. The van der Waals surface area contributed by atoms with Gasteiger partial charge >= 0.3 is 0 Å². The van der Waals surface area contributed by atoms with E-state index in [1.54, 1.807) is 5.57 Å². The number of para-hydroxylation sites is 1. The van der Waals surface area contributed by atoms with E-state index in [1.807, 2.05) is 11.3 Å². The minimum Gasteiger partial charge on any atom is -0.411 e.